The second-order valence-electron chi connectivity index (χ2n) is 10.9. The van der Waals surface area contributed by atoms with E-state index in [0.29, 0.717) is 25.1 Å². The Morgan fingerprint density at radius 1 is 0.902 bits per heavy atom. The highest BCUT2D eigenvalue weighted by Crippen LogP contribution is 2.26. The number of anilines is 1. The molecule has 1 aliphatic rings. The minimum absolute atomic E-state index is 0.110. The zero-order chi connectivity index (χ0) is 29.4. The van der Waals surface area contributed by atoms with E-state index in [1.54, 1.807) is 47.4 Å². The largest absolute Gasteiger partial charge is 0.352 e. The third kappa shape index (κ3) is 7.76. The first-order valence-electron chi connectivity index (χ1n) is 14.5. The summed E-state index contributed by atoms with van der Waals surface area (Å²) in [4.78, 5) is 29.3. The lowest BCUT2D eigenvalue weighted by Gasteiger charge is -2.34. The van der Waals surface area contributed by atoms with Crippen LogP contribution in [0.4, 0.5) is 5.69 Å². The van der Waals surface area contributed by atoms with Gasteiger partial charge in [0.2, 0.25) is 11.8 Å². The molecule has 1 saturated carbocycles. The van der Waals surface area contributed by atoms with E-state index in [9.17, 15) is 18.0 Å². The molecule has 0 bridgehead atoms. The smallest absolute Gasteiger partial charge is 0.264 e. The predicted octanol–water partition coefficient (Wildman–Crippen LogP) is 5.41. The molecule has 1 atom stereocenters. The van der Waals surface area contributed by atoms with E-state index in [1.165, 1.54) is 4.31 Å². The zero-order valence-electron chi connectivity index (χ0n) is 24.3. The quantitative estimate of drug-likeness (QED) is 0.313. The lowest BCUT2D eigenvalue weighted by molar-refractivity contribution is -0.139. The highest BCUT2D eigenvalue weighted by atomic mass is 32.2. The van der Waals surface area contributed by atoms with E-state index in [4.69, 9.17) is 0 Å². The van der Waals surface area contributed by atoms with Gasteiger partial charge in [-0.1, -0.05) is 79.9 Å². The number of nitrogens with zero attached hydrogens (tertiary/aromatic N) is 2. The van der Waals surface area contributed by atoms with Crippen molar-refractivity contribution in [2.24, 2.45) is 0 Å². The van der Waals surface area contributed by atoms with Gasteiger partial charge in [-0.05, 0) is 74.9 Å². The first-order chi connectivity index (χ1) is 19.7. The van der Waals surface area contributed by atoms with Gasteiger partial charge in [-0.2, -0.15) is 0 Å². The van der Waals surface area contributed by atoms with Crippen molar-refractivity contribution in [2.45, 2.75) is 76.3 Å². The number of benzene rings is 3. The van der Waals surface area contributed by atoms with E-state index in [0.717, 1.165) is 42.4 Å². The van der Waals surface area contributed by atoms with Crippen molar-refractivity contribution < 1.29 is 18.0 Å². The lowest BCUT2D eigenvalue weighted by atomic mass is 10.1. The fourth-order valence-electron chi connectivity index (χ4n) is 5.41. The Morgan fingerprint density at radius 3 is 2.22 bits per heavy atom. The Balaban J connectivity index is 1.67. The van der Waals surface area contributed by atoms with Gasteiger partial charge >= 0.3 is 0 Å². The number of hydrogen-bond acceptors (Lipinski definition) is 4. The molecule has 8 heteroatoms. The molecule has 4 rings (SSSR count). The summed E-state index contributed by atoms with van der Waals surface area (Å²) in [5.74, 6) is -0.587. The minimum Gasteiger partial charge on any atom is -0.352 e. The van der Waals surface area contributed by atoms with Gasteiger partial charge in [-0.3, -0.25) is 13.9 Å². The number of carbonyl (C=O) groups is 2. The van der Waals surface area contributed by atoms with E-state index in [-0.39, 0.29) is 16.8 Å². The average Bonchev–Trinajstić information content (AvgIpc) is 3.47. The molecule has 0 saturated heterocycles. The van der Waals surface area contributed by atoms with E-state index in [1.807, 2.05) is 57.2 Å². The maximum atomic E-state index is 14.1. The number of hydrogen-bond donors (Lipinski definition) is 1. The molecule has 41 heavy (non-hydrogen) atoms. The molecule has 0 spiro atoms. The number of carbonyl (C=O) groups excluding carboxylic acids is 2. The summed E-state index contributed by atoms with van der Waals surface area (Å²) >= 11 is 0. The molecule has 1 N–H and O–H groups in total. The van der Waals surface area contributed by atoms with Crippen molar-refractivity contribution in [1.29, 1.82) is 0 Å². The SMILES string of the molecule is CC[C@@H](C(=O)NC1CCCC1)N(CCc1ccccc1)C(=O)CN(c1cccc(C)c1)S(=O)(=O)c1ccc(C)cc1. The third-order valence-corrected chi connectivity index (χ3v) is 9.54. The van der Waals surface area contributed by atoms with Crippen LogP contribution in [0.25, 0.3) is 0 Å². The first-order valence-corrected chi connectivity index (χ1v) is 15.9. The Bertz CT molecular complexity index is 1420. The molecule has 218 valence electrons. The van der Waals surface area contributed by atoms with Gasteiger partial charge in [0.1, 0.15) is 12.6 Å². The van der Waals surface area contributed by atoms with Crippen molar-refractivity contribution in [3.8, 4) is 0 Å². The number of aryl methyl sites for hydroxylation is 2. The predicted molar refractivity (Wildman–Crippen MR) is 163 cm³/mol. The standard InChI is InChI=1S/C33H41N3O4S/c1-4-31(33(38)34-28-14-8-9-15-28)35(22-21-27-12-6-5-7-13-27)32(37)24-36(29-16-10-11-26(3)23-29)41(39,40)30-19-17-25(2)18-20-30/h5-7,10-13,16-20,23,28,31H,4,8-9,14-15,21-22,24H2,1-3H3,(H,34,38)/t31-/m0/s1. The molecule has 7 nitrogen and oxygen atoms in total. The second-order valence-corrected chi connectivity index (χ2v) is 12.8. The maximum Gasteiger partial charge on any atom is 0.264 e. The van der Waals surface area contributed by atoms with Crippen LogP contribution in [-0.2, 0) is 26.0 Å². The summed E-state index contributed by atoms with van der Waals surface area (Å²) in [6.07, 6.45) is 5.02. The lowest BCUT2D eigenvalue weighted by Crippen LogP contribution is -2.54. The van der Waals surface area contributed by atoms with Crippen LogP contribution < -0.4 is 9.62 Å². The van der Waals surface area contributed by atoms with Crippen LogP contribution in [0.2, 0.25) is 0 Å². The third-order valence-electron chi connectivity index (χ3n) is 7.75. The van der Waals surface area contributed by atoms with Crippen LogP contribution in [-0.4, -0.2) is 50.3 Å². The minimum atomic E-state index is -4.07. The Morgan fingerprint density at radius 2 is 1.59 bits per heavy atom. The van der Waals surface area contributed by atoms with Gasteiger partial charge < -0.3 is 10.2 Å². The Kier molecular flexibility index (Phi) is 10.2. The van der Waals surface area contributed by atoms with Gasteiger partial charge in [-0.25, -0.2) is 8.42 Å². The topological polar surface area (TPSA) is 86.8 Å². The molecule has 0 radical (unpaired) electrons. The number of sulfonamides is 1. The zero-order valence-corrected chi connectivity index (χ0v) is 25.1. The van der Waals surface area contributed by atoms with Gasteiger partial charge in [0.15, 0.2) is 0 Å². The highest BCUT2D eigenvalue weighted by Gasteiger charge is 2.34. The molecule has 3 aromatic rings. The van der Waals surface area contributed by atoms with Gasteiger partial charge in [0.05, 0.1) is 10.6 Å². The van der Waals surface area contributed by atoms with Crippen LogP contribution >= 0.6 is 0 Å². The average molecular weight is 576 g/mol. The molecule has 3 aromatic carbocycles. The fourth-order valence-corrected chi connectivity index (χ4v) is 6.82. The molecule has 0 aromatic heterocycles. The summed E-state index contributed by atoms with van der Waals surface area (Å²) in [6.45, 7) is 5.55. The van der Waals surface area contributed by atoms with Crippen LogP contribution in [0, 0.1) is 13.8 Å². The fraction of sp³-hybridized carbons (Fsp3) is 0.394. The summed E-state index contributed by atoms with van der Waals surface area (Å²) < 4.78 is 29.1. The van der Waals surface area contributed by atoms with Gasteiger partial charge in [0.25, 0.3) is 10.0 Å². The van der Waals surface area contributed by atoms with Crippen LogP contribution in [0.1, 0.15) is 55.7 Å². The molecule has 0 aliphatic heterocycles. The molecule has 2 amide bonds. The van der Waals surface area contributed by atoms with E-state index >= 15 is 0 Å². The van der Waals surface area contributed by atoms with Crippen molar-refractivity contribution in [3.63, 3.8) is 0 Å². The Hall–Kier alpha value is -3.65. The monoisotopic (exact) mass is 575 g/mol. The first kappa shape index (κ1) is 30.3. The number of nitrogens with one attached hydrogen (secondary N) is 1. The van der Waals surface area contributed by atoms with Gasteiger partial charge in [-0.15, -0.1) is 0 Å². The van der Waals surface area contributed by atoms with Crippen molar-refractivity contribution in [3.05, 3.63) is 95.6 Å². The molecule has 0 heterocycles. The summed E-state index contributed by atoms with van der Waals surface area (Å²) in [7, 11) is -4.07. The number of amides is 2. The molecular formula is C33H41N3O4S. The van der Waals surface area contributed by atoms with Crippen LogP contribution in [0.3, 0.4) is 0 Å². The summed E-state index contributed by atoms with van der Waals surface area (Å²) in [5, 5.41) is 3.15. The van der Waals surface area contributed by atoms with Crippen LogP contribution in [0.5, 0.6) is 0 Å². The summed E-state index contributed by atoms with van der Waals surface area (Å²) in [6, 6.07) is 23.0. The maximum absolute atomic E-state index is 14.1. The highest BCUT2D eigenvalue weighted by molar-refractivity contribution is 7.92. The molecule has 1 aliphatic carbocycles. The Labute approximate surface area is 244 Å². The second kappa shape index (κ2) is 13.8. The summed E-state index contributed by atoms with van der Waals surface area (Å²) in [5.41, 5.74) is 3.26. The molecular weight excluding hydrogens is 534 g/mol. The molecule has 0 unspecified atom stereocenters. The van der Waals surface area contributed by atoms with Crippen molar-refractivity contribution in [2.75, 3.05) is 17.4 Å². The van der Waals surface area contributed by atoms with Gasteiger partial charge in [0, 0.05) is 12.6 Å². The number of rotatable bonds is 12. The molecule has 1 fully saturated rings. The normalized spacial score (nSPS) is 14.4. The van der Waals surface area contributed by atoms with Crippen molar-refractivity contribution in [1.82, 2.24) is 10.2 Å². The van der Waals surface area contributed by atoms with E-state index < -0.39 is 28.5 Å². The van der Waals surface area contributed by atoms with Crippen LogP contribution in [0.15, 0.2) is 83.8 Å². The van der Waals surface area contributed by atoms with E-state index in [2.05, 4.69) is 5.32 Å². The van der Waals surface area contributed by atoms with Crippen molar-refractivity contribution >= 4 is 27.5 Å².